The van der Waals surface area contributed by atoms with E-state index in [1.54, 1.807) is 23.1 Å². The molecule has 2 heterocycles. The molecule has 0 fully saturated rings. The van der Waals surface area contributed by atoms with Crippen LogP contribution in [0.5, 0.6) is 0 Å². The monoisotopic (exact) mass is 270 g/mol. The van der Waals surface area contributed by atoms with E-state index in [9.17, 15) is 0 Å². The highest BCUT2D eigenvalue weighted by molar-refractivity contribution is 6.34. The van der Waals surface area contributed by atoms with Crippen molar-refractivity contribution in [2.24, 2.45) is 12.8 Å². The third kappa shape index (κ3) is 2.97. The summed E-state index contributed by atoms with van der Waals surface area (Å²) in [6.45, 7) is 0. The summed E-state index contributed by atoms with van der Waals surface area (Å²) in [5, 5.41) is 5.09. The van der Waals surface area contributed by atoms with Gasteiger partial charge in [-0.1, -0.05) is 23.2 Å². The van der Waals surface area contributed by atoms with Crippen LogP contribution in [0.1, 0.15) is 17.3 Å². The van der Waals surface area contributed by atoms with Crippen molar-refractivity contribution in [2.75, 3.05) is 0 Å². The first kappa shape index (κ1) is 12.4. The van der Waals surface area contributed by atoms with E-state index < -0.39 is 0 Å². The summed E-state index contributed by atoms with van der Waals surface area (Å²) in [5.74, 6) is 0. The van der Waals surface area contributed by atoms with Crippen LogP contribution in [-0.4, -0.2) is 14.8 Å². The predicted molar refractivity (Wildman–Crippen MR) is 68.1 cm³/mol. The summed E-state index contributed by atoms with van der Waals surface area (Å²) in [7, 11) is 1.86. The lowest BCUT2D eigenvalue weighted by Crippen LogP contribution is -2.15. The molecule has 0 saturated carbocycles. The van der Waals surface area contributed by atoms with Crippen molar-refractivity contribution in [2.45, 2.75) is 12.5 Å². The second-order valence-electron chi connectivity index (χ2n) is 3.85. The second kappa shape index (κ2) is 5.04. The lowest BCUT2D eigenvalue weighted by atomic mass is 10.1. The first-order chi connectivity index (χ1) is 8.06. The van der Waals surface area contributed by atoms with Gasteiger partial charge in [-0.25, -0.2) is 0 Å². The molecule has 4 nitrogen and oxygen atoms in total. The Morgan fingerprint density at radius 3 is 2.76 bits per heavy atom. The molecule has 0 saturated heterocycles. The maximum absolute atomic E-state index is 6.06. The van der Waals surface area contributed by atoms with Crippen LogP contribution >= 0.6 is 23.2 Å². The summed E-state index contributed by atoms with van der Waals surface area (Å²) in [6.07, 6.45) is 5.89. The van der Waals surface area contributed by atoms with Crippen LogP contribution in [0.2, 0.25) is 10.0 Å². The quantitative estimate of drug-likeness (QED) is 0.932. The van der Waals surface area contributed by atoms with Gasteiger partial charge in [0.25, 0.3) is 0 Å². The molecule has 0 aliphatic heterocycles. The highest BCUT2D eigenvalue weighted by atomic mass is 35.5. The van der Waals surface area contributed by atoms with Gasteiger partial charge in [-0.3, -0.25) is 9.67 Å². The maximum atomic E-state index is 6.06. The number of nitrogens with two attached hydrogens (primary N) is 1. The molecule has 0 aliphatic rings. The fourth-order valence-corrected chi connectivity index (χ4v) is 2.15. The zero-order valence-electron chi connectivity index (χ0n) is 9.27. The number of hydrogen-bond donors (Lipinski definition) is 1. The minimum absolute atomic E-state index is 0.260. The lowest BCUT2D eigenvalue weighted by molar-refractivity contribution is 0.695. The average molecular weight is 271 g/mol. The van der Waals surface area contributed by atoms with Crippen LogP contribution in [0.25, 0.3) is 0 Å². The molecule has 0 aromatic carbocycles. The Balaban J connectivity index is 2.17. The third-order valence-electron chi connectivity index (χ3n) is 2.40. The summed E-state index contributed by atoms with van der Waals surface area (Å²) in [5.41, 5.74) is 7.76. The van der Waals surface area contributed by atoms with E-state index in [1.165, 1.54) is 0 Å². The molecular weight excluding hydrogens is 259 g/mol. The number of rotatable bonds is 3. The first-order valence-electron chi connectivity index (χ1n) is 5.10. The van der Waals surface area contributed by atoms with E-state index in [2.05, 4.69) is 10.1 Å². The molecule has 0 aliphatic carbocycles. The minimum atomic E-state index is -0.260. The van der Waals surface area contributed by atoms with Gasteiger partial charge in [-0.2, -0.15) is 5.10 Å². The molecule has 0 bridgehead atoms. The van der Waals surface area contributed by atoms with E-state index in [0.29, 0.717) is 22.2 Å². The summed E-state index contributed by atoms with van der Waals surface area (Å²) >= 11 is 11.8. The molecule has 0 radical (unpaired) electrons. The standard InChI is InChI=1S/C11H12Cl2N4/c1-17-6-7(4-16-17)2-10(14)11-9(13)3-8(12)5-15-11/h3-6,10H,2,14H2,1H3. The number of halogens is 2. The van der Waals surface area contributed by atoms with E-state index in [4.69, 9.17) is 28.9 Å². The van der Waals surface area contributed by atoms with Crippen LogP contribution in [-0.2, 0) is 13.5 Å². The summed E-state index contributed by atoms with van der Waals surface area (Å²) < 4.78 is 1.74. The van der Waals surface area contributed by atoms with Crippen LogP contribution in [0, 0.1) is 0 Å². The maximum Gasteiger partial charge on any atom is 0.0761 e. The van der Waals surface area contributed by atoms with Gasteiger partial charge in [0.2, 0.25) is 0 Å². The van der Waals surface area contributed by atoms with Crippen molar-refractivity contribution in [1.29, 1.82) is 0 Å². The van der Waals surface area contributed by atoms with Gasteiger partial charge in [0, 0.05) is 19.4 Å². The molecule has 90 valence electrons. The van der Waals surface area contributed by atoms with Crippen LogP contribution in [0.3, 0.4) is 0 Å². The molecule has 2 aromatic rings. The Kier molecular flexibility index (Phi) is 3.66. The number of aryl methyl sites for hydroxylation is 1. The van der Waals surface area contributed by atoms with Gasteiger partial charge in [0.05, 0.1) is 28.0 Å². The van der Waals surface area contributed by atoms with Crippen molar-refractivity contribution >= 4 is 23.2 Å². The topological polar surface area (TPSA) is 56.7 Å². The fourth-order valence-electron chi connectivity index (χ4n) is 1.63. The highest BCUT2D eigenvalue weighted by Gasteiger charge is 2.13. The Morgan fingerprint density at radius 1 is 1.41 bits per heavy atom. The minimum Gasteiger partial charge on any atom is -0.322 e. The fraction of sp³-hybridized carbons (Fsp3) is 0.273. The van der Waals surface area contributed by atoms with E-state index in [0.717, 1.165) is 5.56 Å². The lowest BCUT2D eigenvalue weighted by Gasteiger charge is -2.11. The molecule has 0 amide bonds. The van der Waals surface area contributed by atoms with Crippen LogP contribution in [0.4, 0.5) is 0 Å². The van der Waals surface area contributed by atoms with Crippen molar-refractivity contribution in [3.63, 3.8) is 0 Å². The van der Waals surface area contributed by atoms with Gasteiger partial charge in [0.15, 0.2) is 0 Å². The van der Waals surface area contributed by atoms with Gasteiger partial charge in [-0.15, -0.1) is 0 Å². The third-order valence-corrected chi connectivity index (χ3v) is 2.91. The van der Waals surface area contributed by atoms with Gasteiger partial charge < -0.3 is 5.73 Å². The summed E-state index contributed by atoms with van der Waals surface area (Å²) in [6, 6.07) is 1.39. The second-order valence-corrected chi connectivity index (χ2v) is 4.70. The van der Waals surface area contributed by atoms with Crippen LogP contribution in [0.15, 0.2) is 24.7 Å². The van der Waals surface area contributed by atoms with Crippen molar-refractivity contribution in [3.8, 4) is 0 Å². The SMILES string of the molecule is Cn1cc(CC(N)c2ncc(Cl)cc2Cl)cn1. The number of nitrogens with zero attached hydrogens (tertiary/aromatic N) is 3. The van der Waals surface area contributed by atoms with Crippen molar-refractivity contribution in [1.82, 2.24) is 14.8 Å². The predicted octanol–water partition coefficient (Wildman–Crippen LogP) is 2.36. The molecule has 1 atom stereocenters. The normalized spacial score (nSPS) is 12.7. The Labute approximate surface area is 109 Å². The molecule has 2 rings (SSSR count). The van der Waals surface area contributed by atoms with Crippen molar-refractivity contribution in [3.05, 3.63) is 46.0 Å². The molecule has 0 spiro atoms. The molecule has 2 N–H and O–H groups in total. The van der Waals surface area contributed by atoms with E-state index in [1.807, 2.05) is 13.2 Å². The van der Waals surface area contributed by atoms with Crippen LogP contribution < -0.4 is 5.73 Å². The Hall–Kier alpha value is -1.10. The molecule has 6 heteroatoms. The molecule has 17 heavy (non-hydrogen) atoms. The Morgan fingerprint density at radius 2 is 2.18 bits per heavy atom. The first-order valence-corrected chi connectivity index (χ1v) is 5.86. The Bertz CT molecular complexity index is 524. The van der Waals surface area contributed by atoms with E-state index >= 15 is 0 Å². The molecule has 1 unspecified atom stereocenters. The number of aromatic nitrogens is 3. The zero-order valence-corrected chi connectivity index (χ0v) is 10.8. The number of pyridine rings is 1. The largest absolute Gasteiger partial charge is 0.322 e. The number of hydrogen-bond acceptors (Lipinski definition) is 3. The van der Waals surface area contributed by atoms with E-state index in [-0.39, 0.29) is 6.04 Å². The van der Waals surface area contributed by atoms with Gasteiger partial charge >= 0.3 is 0 Å². The molecule has 2 aromatic heterocycles. The zero-order chi connectivity index (χ0) is 12.4. The smallest absolute Gasteiger partial charge is 0.0761 e. The average Bonchev–Trinajstić information content (AvgIpc) is 2.63. The molecular formula is C11H12Cl2N4. The van der Waals surface area contributed by atoms with Crippen molar-refractivity contribution < 1.29 is 0 Å². The highest BCUT2D eigenvalue weighted by Crippen LogP contribution is 2.24. The summed E-state index contributed by atoms with van der Waals surface area (Å²) in [4.78, 5) is 4.16. The van der Waals surface area contributed by atoms with Gasteiger partial charge in [-0.05, 0) is 18.1 Å². The van der Waals surface area contributed by atoms with Gasteiger partial charge in [0.1, 0.15) is 0 Å².